The highest BCUT2D eigenvalue weighted by Crippen LogP contribution is 2.33. The standard InChI is InChI=1S/C26H22N2O3S/c1-17(25(29)28-16-8-10-18-9-2-6-14-22(18)28)31-26(30)20-12-4-3-11-19(20)24-27-21-13-5-7-15-23(21)32-24/h2-7,9,11-15,17H,8,10,16H2,1H3. The van der Waals surface area contributed by atoms with E-state index in [1.54, 1.807) is 24.0 Å². The van der Waals surface area contributed by atoms with Crippen molar-refractivity contribution in [3.8, 4) is 10.6 Å². The highest BCUT2D eigenvalue weighted by atomic mass is 32.1. The molecule has 0 radical (unpaired) electrons. The molecule has 0 bridgehead atoms. The first-order valence-corrected chi connectivity index (χ1v) is 11.5. The number of benzene rings is 3. The van der Waals surface area contributed by atoms with Gasteiger partial charge in [0.1, 0.15) is 5.01 Å². The topological polar surface area (TPSA) is 59.5 Å². The predicted octanol–water partition coefficient (Wildman–Crippen LogP) is 5.49. The van der Waals surface area contributed by atoms with Gasteiger partial charge in [0.15, 0.2) is 6.10 Å². The minimum Gasteiger partial charge on any atom is -0.449 e. The number of para-hydroxylation sites is 2. The second kappa shape index (κ2) is 8.55. The van der Waals surface area contributed by atoms with Crippen molar-refractivity contribution < 1.29 is 14.3 Å². The van der Waals surface area contributed by atoms with E-state index >= 15 is 0 Å². The molecular weight excluding hydrogens is 420 g/mol. The van der Waals surface area contributed by atoms with Crippen molar-refractivity contribution in [2.24, 2.45) is 0 Å². The maximum Gasteiger partial charge on any atom is 0.339 e. The average Bonchev–Trinajstić information content (AvgIpc) is 3.27. The van der Waals surface area contributed by atoms with Gasteiger partial charge >= 0.3 is 5.97 Å². The van der Waals surface area contributed by atoms with E-state index in [9.17, 15) is 9.59 Å². The Kier molecular flexibility index (Phi) is 5.45. The Bertz CT molecular complexity index is 1280. The third-order valence-corrected chi connectivity index (χ3v) is 6.75. The van der Waals surface area contributed by atoms with E-state index in [0.717, 1.165) is 39.3 Å². The van der Waals surface area contributed by atoms with Crippen LogP contribution in [0.5, 0.6) is 0 Å². The maximum atomic E-state index is 13.1. The van der Waals surface area contributed by atoms with Gasteiger partial charge in [0.25, 0.3) is 5.91 Å². The molecular formula is C26H22N2O3S. The maximum absolute atomic E-state index is 13.1. The van der Waals surface area contributed by atoms with Crippen LogP contribution in [0, 0.1) is 0 Å². The average molecular weight is 443 g/mol. The number of anilines is 1. The first-order valence-electron chi connectivity index (χ1n) is 10.7. The Labute approximate surface area is 190 Å². The van der Waals surface area contributed by atoms with Crippen LogP contribution in [-0.2, 0) is 16.0 Å². The molecule has 1 aliphatic heterocycles. The smallest absolute Gasteiger partial charge is 0.339 e. The third-order valence-electron chi connectivity index (χ3n) is 5.68. The van der Waals surface area contributed by atoms with Gasteiger partial charge in [-0.1, -0.05) is 48.5 Å². The van der Waals surface area contributed by atoms with E-state index < -0.39 is 12.1 Å². The first kappa shape index (κ1) is 20.4. The minimum absolute atomic E-state index is 0.206. The summed E-state index contributed by atoms with van der Waals surface area (Å²) in [5, 5.41) is 0.752. The quantitative estimate of drug-likeness (QED) is 0.392. The fraction of sp³-hybridized carbons (Fsp3) is 0.192. The molecule has 1 aromatic heterocycles. The molecule has 0 spiro atoms. The second-order valence-electron chi connectivity index (χ2n) is 7.80. The van der Waals surface area contributed by atoms with Gasteiger partial charge in [-0.15, -0.1) is 11.3 Å². The molecule has 0 saturated carbocycles. The number of aryl methyl sites for hydroxylation is 1. The molecule has 0 N–H and O–H groups in total. The molecule has 0 fully saturated rings. The number of carbonyl (C=O) groups is 2. The first-order chi connectivity index (χ1) is 15.6. The summed E-state index contributed by atoms with van der Waals surface area (Å²) in [5.41, 5.74) is 4.06. The number of carbonyl (C=O) groups excluding carboxylic acids is 2. The largest absolute Gasteiger partial charge is 0.449 e. The SMILES string of the molecule is CC(OC(=O)c1ccccc1-c1nc2ccccc2s1)C(=O)N1CCCc2ccccc21. The number of ether oxygens (including phenoxy) is 1. The molecule has 6 heteroatoms. The Morgan fingerprint density at radius 3 is 2.62 bits per heavy atom. The van der Waals surface area contributed by atoms with Crippen molar-refractivity contribution in [2.75, 3.05) is 11.4 Å². The lowest BCUT2D eigenvalue weighted by Crippen LogP contribution is -2.42. The van der Waals surface area contributed by atoms with Gasteiger partial charge in [-0.25, -0.2) is 9.78 Å². The number of nitrogens with zero attached hydrogens (tertiary/aromatic N) is 2. The van der Waals surface area contributed by atoms with Crippen LogP contribution in [0.1, 0.15) is 29.3 Å². The molecule has 5 rings (SSSR count). The summed E-state index contributed by atoms with van der Waals surface area (Å²) in [4.78, 5) is 32.6. The number of esters is 1. The molecule has 32 heavy (non-hydrogen) atoms. The van der Waals surface area contributed by atoms with Gasteiger partial charge in [0.05, 0.1) is 15.8 Å². The van der Waals surface area contributed by atoms with E-state index in [1.807, 2.05) is 60.7 Å². The summed E-state index contributed by atoms with van der Waals surface area (Å²) in [6.45, 7) is 2.26. The van der Waals surface area contributed by atoms with Gasteiger partial charge < -0.3 is 9.64 Å². The Morgan fingerprint density at radius 1 is 1.00 bits per heavy atom. The van der Waals surface area contributed by atoms with Crippen LogP contribution in [0.25, 0.3) is 20.8 Å². The summed E-state index contributed by atoms with van der Waals surface area (Å²) in [6.07, 6.45) is 0.949. The summed E-state index contributed by atoms with van der Waals surface area (Å²) >= 11 is 1.53. The Hall–Kier alpha value is -3.51. The third kappa shape index (κ3) is 3.78. The zero-order valence-electron chi connectivity index (χ0n) is 17.7. The van der Waals surface area contributed by atoms with Crippen LogP contribution in [0.15, 0.2) is 72.8 Å². The lowest BCUT2D eigenvalue weighted by Gasteiger charge is -2.31. The van der Waals surface area contributed by atoms with E-state index in [1.165, 1.54) is 11.3 Å². The zero-order chi connectivity index (χ0) is 22.1. The highest BCUT2D eigenvalue weighted by Gasteiger charge is 2.29. The lowest BCUT2D eigenvalue weighted by molar-refractivity contribution is -0.126. The summed E-state index contributed by atoms with van der Waals surface area (Å²) in [5.74, 6) is -0.728. The second-order valence-corrected chi connectivity index (χ2v) is 8.83. The van der Waals surface area contributed by atoms with Crippen molar-refractivity contribution >= 4 is 39.1 Å². The molecule has 160 valence electrons. The number of aromatic nitrogens is 1. The lowest BCUT2D eigenvalue weighted by atomic mass is 10.0. The number of fused-ring (bicyclic) bond motifs is 2. The van der Waals surface area contributed by atoms with Crippen LogP contribution in [0.3, 0.4) is 0 Å². The number of amides is 1. The van der Waals surface area contributed by atoms with Gasteiger partial charge in [0.2, 0.25) is 0 Å². The molecule has 0 saturated heterocycles. The van der Waals surface area contributed by atoms with Crippen LogP contribution < -0.4 is 4.90 Å². The summed E-state index contributed by atoms with van der Waals surface area (Å²) < 4.78 is 6.70. The molecule has 2 heterocycles. The minimum atomic E-state index is -0.892. The predicted molar refractivity (Wildman–Crippen MR) is 127 cm³/mol. The molecule has 5 nitrogen and oxygen atoms in total. The van der Waals surface area contributed by atoms with Crippen molar-refractivity contribution in [1.82, 2.24) is 4.98 Å². The molecule has 3 aromatic carbocycles. The molecule has 1 unspecified atom stereocenters. The summed E-state index contributed by atoms with van der Waals surface area (Å²) in [7, 11) is 0. The summed E-state index contributed by atoms with van der Waals surface area (Å²) in [6, 6.07) is 23.0. The van der Waals surface area contributed by atoms with E-state index in [0.29, 0.717) is 17.7 Å². The van der Waals surface area contributed by atoms with E-state index in [2.05, 4.69) is 4.98 Å². The molecule has 0 aliphatic carbocycles. The highest BCUT2D eigenvalue weighted by molar-refractivity contribution is 7.21. The monoisotopic (exact) mass is 442 g/mol. The number of thiazole rings is 1. The van der Waals surface area contributed by atoms with Crippen LogP contribution >= 0.6 is 11.3 Å². The zero-order valence-corrected chi connectivity index (χ0v) is 18.5. The van der Waals surface area contributed by atoms with Crippen LogP contribution in [0.2, 0.25) is 0 Å². The Balaban J connectivity index is 1.38. The fourth-order valence-corrected chi connectivity index (χ4v) is 5.10. The number of hydrogen-bond donors (Lipinski definition) is 0. The van der Waals surface area contributed by atoms with Gasteiger partial charge in [-0.05, 0) is 49.6 Å². The van der Waals surface area contributed by atoms with Crippen LogP contribution in [-0.4, -0.2) is 29.5 Å². The van der Waals surface area contributed by atoms with Crippen molar-refractivity contribution in [3.63, 3.8) is 0 Å². The fourth-order valence-electron chi connectivity index (χ4n) is 4.09. The van der Waals surface area contributed by atoms with Gasteiger partial charge in [-0.3, -0.25) is 4.79 Å². The molecule has 1 amide bonds. The van der Waals surface area contributed by atoms with Gasteiger partial charge in [-0.2, -0.15) is 0 Å². The van der Waals surface area contributed by atoms with E-state index in [-0.39, 0.29) is 5.91 Å². The van der Waals surface area contributed by atoms with E-state index in [4.69, 9.17) is 4.74 Å². The number of rotatable bonds is 4. The van der Waals surface area contributed by atoms with Crippen molar-refractivity contribution in [2.45, 2.75) is 25.9 Å². The normalized spacial score (nSPS) is 14.1. The molecule has 1 atom stereocenters. The van der Waals surface area contributed by atoms with Crippen molar-refractivity contribution in [1.29, 1.82) is 0 Å². The Morgan fingerprint density at radius 2 is 1.75 bits per heavy atom. The van der Waals surface area contributed by atoms with Gasteiger partial charge in [0, 0.05) is 17.8 Å². The molecule has 1 aliphatic rings. The number of hydrogen-bond acceptors (Lipinski definition) is 5. The van der Waals surface area contributed by atoms with Crippen LogP contribution in [0.4, 0.5) is 5.69 Å². The molecule has 4 aromatic rings. The van der Waals surface area contributed by atoms with Crippen molar-refractivity contribution in [3.05, 3.63) is 83.9 Å².